The van der Waals surface area contributed by atoms with Crippen molar-refractivity contribution in [3.05, 3.63) is 23.9 Å². The van der Waals surface area contributed by atoms with Gasteiger partial charge in [0.1, 0.15) is 11.4 Å². The van der Waals surface area contributed by atoms with Crippen molar-refractivity contribution < 1.29 is 14.3 Å². The average molecular weight is 277 g/mol. The third-order valence-corrected chi connectivity index (χ3v) is 3.03. The molecule has 2 rings (SSSR count). The second-order valence-electron chi connectivity index (χ2n) is 4.76. The van der Waals surface area contributed by atoms with Crippen LogP contribution in [0.5, 0.6) is 0 Å². The normalized spacial score (nSPS) is 13.7. The van der Waals surface area contributed by atoms with Crippen molar-refractivity contribution in [3.63, 3.8) is 0 Å². The first-order valence-electron chi connectivity index (χ1n) is 6.77. The lowest BCUT2D eigenvalue weighted by Crippen LogP contribution is -2.25. The van der Waals surface area contributed by atoms with Gasteiger partial charge in [0.05, 0.1) is 7.11 Å². The van der Waals surface area contributed by atoms with Crippen LogP contribution >= 0.6 is 0 Å². The van der Waals surface area contributed by atoms with Crippen molar-refractivity contribution in [1.82, 2.24) is 10.3 Å². The Balaban J connectivity index is 1.75. The summed E-state index contributed by atoms with van der Waals surface area (Å²) >= 11 is 0. The summed E-state index contributed by atoms with van der Waals surface area (Å²) in [6.07, 6.45) is 4.97. The number of amides is 1. The molecule has 20 heavy (non-hydrogen) atoms. The summed E-state index contributed by atoms with van der Waals surface area (Å²) in [6, 6.07) is 3.73. The molecule has 0 radical (unpaired) electrons. The lowest BCUT2D eigenvalue weighted by molar-refractivity contribution is -0.121. The molecule has 1 aromatic rings. The van der Waals surface area contributed by atoms with Crippen LogP contribution < -0.4 is 10.6 Å². The van der Waals surface area contributed by atoms with Crippen molar-refractivity contribution >= 4 is 17.7 Å². The summed E-state index contributed by atoms with van der Waals surface area (Å²) in [5.41, 5.74) is 0.400. The third-order valence-electron chi connectivity index (χ3n) is 3.03. The maximum absolute atomic E-state index is 11.5. The number of aromatic nitrogens is 1. The number of nitrogens with one attached hydrogen (secondary N) is 2. The third kappa shape index (κ3) is 4.22. The van der Waals surface area contributed by atoms with Gasteiger partial charge in [0.15, 0.2) is 0 Å². The Bertz CT molecular complexity index is 486. The van der Waals surface area contributed by atoms with E-state index in [1.54, 1.807) is 18.3 Å². The van der Waals surface area contributed by atoms with Crippen molar-refractivity contribution in [2.24, 2.45) is 0 Å². The highest BCUT2D eigenvalue weighted by molar-refractivity contribution is 5.94. The molecule has 0 aromatic carbocycles. The predicted molar refractivity (Wildman–Crippen MR) is 74.5 cm³/mol. The maximum atomic E-state index is 11.5. The summed E-state index contributed by atoms with van der Waals surface area (Å²) in [5.74, 6) is 0.150. The highest BCUT2D eigenvalue weighted by Gasteiger charge is 2.22. The van der Waals surface area contributed by atoms with E-state index in [4.69, 9.17) is 0 Å². The minimum absolute atomic E-state index is 0.0866. The summed E-state index contributed by atoms with van der Waals surface area (Å²) in [7, 11) is 1.33. The van der Waals surface area contributed by atoms with E-state index < -0.39 is 5.97 Å². The van der Waals surface area contributed by atoms with Crippen LogP contribution in [0.2, 0.25) is 0 Å². The van der Waals surface area contributed by atoms with Gasteiger partial charge in [0.2, 0.25) is 5.91 Å². The Morgan fingerprint density at radius 3 is 2.95 bits per heavy atom. The van der Waals surface area contributed by atoms with Gasteiger partial charge in [-0.25, -0.2) is 9.78 Å². The fourth-order valence-electron chi connectivity index (χ4n) is 1.80. The van der Waals surface area contributed by atoms with Gasteiger partial charge < -0.3 is 15.4 Å². The standard InChI is InChI=1S/C14H19N3O3/c1-20-14(19)11-4-2-8-15-13(11)16-9-3-5-12(18)17-10-6-7-10/h2,4,8,10H,3,5-7,9H2,1H3,(H,15,16)(H,17,18). The minimum Gasteiger partial charge on any atom is -0.465 e. The Kier molecular flexibility index (Phi) is 4.92. The van der Waals surface area contributed by atoms with Gasteiger partial charge in [0, 0.05) is 25.2 Å². The second kappa shape index (κ2) is 6.88. The van der Waals surface area contributed by atoms with E-state index in [-0.39, 0.29) is 5.91 Å². The molecule has 0 bridgehead atoms. The summed E-state index contributed by atoms with van der Waals surface area (Å²) in [6.45, 7) is 0.582. The van der Waals surface area contributed by atoms with Gasteiger partial charge >= 0.3 is 5.97 Å². The molecule has 1 saturated carbocycles. The molecule has 108 valence electrons. The summed E-state index contributed by atoms with van der Waals surface area (Å²) in [4.78, 5) is 27.1. The number of esters is 1. The van der Waals surface area contributed by atoms with E-state index in [2.05, 4.69) is 20.4 Å². The maximum Gasteiger partial charge on any atom is 0.341 e. The number of anilines is 1. The van der Waals surface area contributed by atoms with Crippen LogP contribution in [0.3, 0.4) is 0 Å². The molecule has 1 amide bonds. The first kappa shape index (κ1) is 14.3. The second-order valence-corrected chi connectivity index (χ2v) is 4.76. The van der Waals surface area contributed by atoms with Crippen molar-refractivity contribution in [3.8, 4) is 0 Å². The monoisotopic (exact) mass is 277 g/mol. The van der Waals surface area contributed by atoms with Crippen LogP contribution in [0.1, 0.15) is 36.0 Å². The first-order valence-corrected chi connectivity index (χ1v) is 6.77. The van der Waals surface area contributed by atoms with Crippen LogP contribution in [-0.4, -0.2) is 36.6 Å². The zero-order valence-electron chi connectivity index (χ0n) is 11.5. The van der Waals surface area contributed by atoms with Crippen LogP contribution in [0, 0.1) is 0 Å². The molecular weight excluding hydrogens is 258 g/mol. The van der Waals surface area contributed by atoms with Crippen LogP contribution in [0.4, 0.5) is 5.82 Å². The molecule has 0 aliphatic heterocycles. The largest absolute Gasteiger partial charge is 0.465 e. The van der Waals surface area contributed by atoms with Gasteiger partial charge in [-0.15, -0.1) is 0 Å². The molecule has 1 heterocycles. The number of rotatable bonds is 7. The number of hydrogen-bond acceptors (Lipinski definition) is 5. The van der Waals surface area contributed by atoms with Crippen LogP contribution in [0.15, 0.2) is 18.3 Å². The Hall–Kier alpha value is -2.11. The smallest absolute Gasteiger partial charge is 0.341 e. The average Bonchev–Trinajstić information content (AvgIpc) is 3.27. The molecule has 1 aliphatic rings. The zero-order chi connectivity index (χ0) is 14.4. The van der Waals surface area contributed by atoms with Gasteiger partial charge in [-0.2, -0.15) is 0 Å². The van der Waals surface area contributed by atoms with Crippen molar-refractivity contribution in [1.29, 1.82) is 0 Å². The molecule has 0 atom stereocenters. The number of carbonyl (C=O) groups is 2. The van der Waals surface area contributed by atoms with E-state index in [0.29, 0.717) is 36.8 Å². The van der Waals surface area contributed by atoms with Crippen LogP contribution in [0.25, 0.3) is 0 Å². The summed E-state index contributed by atoms with van der Waals surface area (Å²) < 4.78 is 4.69. The molecule has 0 unspecified atom stereocenters. The van der Waals surface area contributed by atoms with Gasteiger partial charge in [-0.3, -0.25) is 4.79 Å². The Labute approximate surface area is 117 Å². The topological polar surface area (TPSA) is 80.3 Å². The molecule has 0 spiro atoms. The van der Waals surface area contributed by atoms with Crippen LogP contribution in [-0.2, 0) is 9.53 Å². The molecule has 2 N–H and O–H groups in total. The number of methoxy groups -OCH3 is 1. The number of nitrogens with zero attached hydrogens (tertiary/aromatic N) is 1. The molecule has 1 aliphatic carbocycles. The lowest BCUT2D eigenvalue weighted by Gasteiger charge is -2.09. The van der Waals surface area contributed by atoms with E-state index in [1.807, 2.05) is 0 Å². The number of carbonyl (C=O) groups excluding carboxylic acids is 2. The highest BCUT2D eigenvalue weighted by atomic mass is 16.5. The zero-order valence-corrected chi connectivity index (χ0v) is 11.5. The minimum atomic E-state index is -0.424. The molecule has 0 saturated heterocycles. The first-order chi connectivity index (χ1) is 9.70. The highest BCUT2D eigenvalue weighted by Crippen LogP contribution is 2.18. The Morgan fingerprint density at radius 1 is 1.45 bits per heavy atom. The van der Waals surface area contributed by atoms with E-state index in [1.165, 1.54) is 7.11 Å². The van der Waals surface area contributed by atoms with Crippen molar-refractivity contribution in [2.45, 2.75) is 31.7 Å². The fraction of sp³-hybridized carbons (Fsp3) is 0.500. The molecule has 1 fully saturated rings. The molecule has 6 heteroatoms. The van der Waals surface area contributed by atoms with Gasteiger partial charge in [0.25, 0.3) is 0 Å². The van der Waals surface area contributed by atoms with Crippen molar-refractivity contribution in [2.75, 3.05) is 19.0 Å². The lowest BCUT2D eigenvalue weighted by atomic mass is 10.2. The quantitative estimate of drug-likeness (QED) is 0.580. The SMILES string of the molecule is COC(=O)c1cccnc1NCCCC(=O)NC1CC1. The Morgan fingerprint density at radius 2 is 2.25 bits per heavy atom. The molecule has 6 nitrogen and oxygen atoms in total. The van der Waals surface area contributed by atoms with E-state index in [0.717, 1.165) is 12.8 Å². The fourth-order valence-corrected chi connectivity index (χ4v) is 1.80. The van der Waals surface area contributed by atoms with Gasteiger partial charge in [-0.05, 0) is 31.4 Å². The number of hydrogen-bond donors (Lipinski definition) is 2. The van der Waals surface area contributed by atoms with E-state index >= 15 is 0 Å². The van der Waals surface area contributed by atoms with E-state index in [9.17, 15) is 9.59 Å². The molecular formula is C14H19N3O3. The number of pyridine rings is 1. The number of ether oxygens (including phenoxy) is 1. The molecule has 1 aromatic heterocycles. The van der Waals surface area contributed by atoms with Gasteiger partial charge in [-0.1, -0.05) is 0 Å². The summed E-state index contributed by atoms with van der Waals surface area (Å²) in [5, 5.41) is 6.00. The predicted octanol–water partition coefficient (Wildman–Crippen LogP) is 1.34.